The molecule has 0 aromatic carbocycles. The van der Waals surface area contributed by atoms with Crippen molar-refractivity contribution in [3.63, 3.8) is 0 Å². The average molecular weight is 155 g/mol. The molecular weight excluding hydrogens is 151 g/mol. The van der Waals surface area contributed by atoms with Gasteiger partial charge >= 0.3 is 5.97 Å². The smallest absolute Gasteiger partial charge is 0.348 e. The van der Waals surface area contributed by atoms with Crippen LogP contribution in [0.3, 0.4) is 0 Å². The molecular formula is C4H4Cl2O2. The second-order valence-corrected chi connectivity index (χ2v) is 2.10. The lowest BCUT2D eigenvalue weighted by molar-refractivity contribution is -0.131. The number of allylic oxidation sites excluding steroid dienone is 1. The fraction of sp³-hybridized carbons (Fsp3) is 0.250. The van der Waals surface area contributed by atoms with Gasteiger partial charge in [0, 0.05) is 5.03 Å². The van der Waals surface area contributed by atoms with Crippen LogP contribution in [0.2, 0.25) is 0 Å². The van der Waals surface area contributed by atoms with E-state index in [0.29, 0.717) is 0 Å². The molecule has 0 aromatic heterocycles. The molecule has 0 aromatic rings. The van der Waals surface area contributed by atoms with E-state index in [1.54, 1.807) is 0 Å². The van der Waals surface area contributed by atoms with Gasteiger partial charge in [0.1, 0.15) is 5.03 Å². The van der Waals surface area contributed by atoms with Crippen LogP contribution < -0.4 is 0 Å². The Morgan fingerprint density at radius 1 is 1.50 bits per heavy atom. The van der Waals surface area contributed by atoms with Crippen LogP contribution in [0, 0.1) is 0 Å². The third kappa shape index (κ3) is 2.19. The van der Waals surface area contributed by atoms with E-state index >= 15 is 0 Å². The molecule has 0 saturated carbocycles. The topological polar surface area (TPSA) is 37.3 Å². The van der Waals surface area contributed by atoms with Gasteiger partial charge in [0.25, 0.3) is 0 Å². The van der Waals surface area contributed by atoms with Crippen molar-refractivity contribution in [2.45, 2.75) is 6.92 Å². The molecule has 0 saturated heterocycles. The Kier molecular flexibility index (Phi) is 2.87. The molecule has 0 heterocycles. The highest BCUT2D eigenvalue weighted by molar-refractivity contribution is 6.46. The van der Waals surface area contributed by atoms with Crippen LogP contribution in [0.5, 0.6) is 0 Å². The highest BCUT2D eigenvalue weighted by Gasteiger charge is 2.04. The van der Waals surface area contributed by atoms with Gasteiger partial charge in [0.2, 0.25) is 0 Å². The van der Waals surface area contributed by atoms with Crippen molar-refractivity contribution >= 4 is 29.2 Å². The monoisotopic (exact) mass is 154 g/mol. The summed E-state index contributed by atoms with van der Waals surface area (Å²) in [6, 6.07) is 0. The first-order valence-corrected chi connectivity index (χ1v) is 2.56. The van der Waals surface area contributed by atoms with Crippen molar-refractivity contribution in [3.8, 4) is 0 Å². The molecule has 1 N–H and O–H groups in total. The molecule has 0 unspecified atom stereocenters. The first-order chi connectivity index (χ1) is 3.55. The molecule has 46 valence electrons. The van der Waals surface area contributed by atoms with Crippen LogP contribution in [0.15, 0.2) is 10.1 Å². The molecule has 4 heteroatoms. The molecule has 0 aliphatic heterocycles. The third-order valence-corrected chi connectivity index (χ3v) is 1.22. The molecule has 0 radical (unpaired) electrons. The minimum absolute atomic E-state index is 0.0965. The SMILES string of the molecule is CC(Cl)=C(Cl)C(=O)O. The highest BCUT2D eigenvalue weighted by Crippen LogP contribution is 2.11. The quantitative estimate of drug-likeness (QED) is 0.586. The van der Waals surface area contributed by atoms with Crippen molar-refractivity contribution in [3.05, 3.63) is 10.1 Å². The molecule has 0 atom stereocenters. The molecule has 0 bridgehead atoms. The standard InChI is InChI=1S/C4H4Cl2O2/c1-2(5)3(6)4(7)8/h1H3,(H,7,8). The molecule has 8 heavy (non-hydrogen) atoms. The molecule has 0 spiro atoms. The minimum atomic E-state index is -1.20. The number of rotatable bonds is 1. The summed E-state index contributed by atoms with van der Waals surface area (Å²) in [5.74, 6) is -1.20. The second kappa shape index (κ2) is 2.95. The van der Waals surface area contributed by atoms with Gasteiger partial charge < -0.3 is 5.11 Å². The van der Waals surface area contributed by atoms with Crippen molar-refractivity contribution < 1.29 is 9.90 Å². The Balaban J connectivity index is 4.23. The maximum atomic E-state index is 9.87. The van der Waals surface area contributed by atoms with Gasteiger partial charge in [0.15, 0.2) is 0 Å². The molecule has 0 amide bonds. The van der Waals surface area contributed by atoms with Crippen molar-refractivity contribution in [1.82, 2.24) is 0 Å². The Labute approximate surface area is 56.7 Å². The van der Waals surface area contributed by atoms with E-state index in [-0.39, 0.29) is 10.1 Å². The fourth-order valence-corrected chi connectivity index (χ4v) is 0.228. The summed E-state index contributed by atoms with van der Waals surface area (Å²) in [5, 5.41) is 7.85. The van der Waals surface area contributed by atoms with E-state index in [0.717, 1.165) is 0 Å². The second-order valence-electron chi connectivity index (χ2n) is 1.15. The number of hydrogen-bond donors (Lipinski definition) is 1. The zero-order valence-electron chi connectivity index (χ0n) is 4.11. The molecule has 0 aliphatic carbocycles. The van der Waals surface area contributed by atoms with Gasteiger partial charge in [0.05, 0.1) is 0 Å². The average Bonchev–Trinajstić information content (AvgIpc) is 1.64. The van der Waals surface area contributed by atoms with Crippen LogP contribution in [0.25, 0.3) is 0 Å². The summed E-state index contributed by atoms with van der Waals surface area (Å²) < 4.78 is 0. The molecule has 0 rings (SSSR count). The lowest BCUT2D eigenvalue weighted by Crippen LogP contribution is -1.93. The fourth-order valence-electron chi connectivity index (χ4n) is 0.147. The summed E-state index contributed by atoms with van der Waals surface area (Å²) in [5.41, 5.74) is 0. The number of hydrogen-bond acceptors (Lipinski definition) is 1. The Bertz CT molecular complexity index is 135. The lowest BCUT2D eigenvalue weighted by Gasteiger charge is -1.87. The van der Waals surface area contributed by atoms with E-state index in [9.17, 15) is 4.79 Å². The number of carboxylic acids is 1. The predicted molar refractivity (Wildman–Crippen MR) is 32.0 cm³/mol. The first-order valence-electron chi connectivity index (χ1n) is 1.81. The first kappa shape index (κ1) is 7.79. The van der Waals surface area contributed by atoms with Gasteiger partial charge in [-0.25, -0.2) is 4.79 Å². The highest BCUT2D eigenvalue weighted by atomic mass is 35.5. The van der Waals surface area contributed by atoms with E-state index in [1.807, 2.05) is 0 Å². The van der Waals surface area contributed by atoms with Crippen molar-refractivity contribution in [2.75, 3.05) is 0 Å². The molecule has 0 fully saturated rings. The summed E-state index contributed by atoms with van der Waals surface area (Å²) in [6.07, 6.45) is 0. The van der Waals surface area contributed by atoms with Crippen LogP contribution in [-0.4, -0.2) is 11.1 Å². The van der Waals surface area contributed by atoms with Crippen LogP contribution in [-0.2, 0) is 4.79 Å². The van der Waals surface area contributed by atoms with Gasteiger partial charge in [-0.3, -0.25) is 0 Å². The van der Waals surface area contributed by atoms with E-state index in [2.05, 4.69) is 0 Å². The molecule has 0 aliphatic rings. The van der Waals surface area contributed by atoms with Crippen LogP contribution in [0.4, 0.5) is 0 Å². The summed E-state index contributed by atoms with van der Waals surface area (Å²) in [6.45, 7) is 1.41. The summed E-state index contributed by atoms with van der Waals surface area (Å²) in [4.78, 5) is 9.87. The van der Waals surface area contributed by atoms with E-state index < -0.39 is 5.97 Å². The number of carboxylic acid groups (broad SMARTS) is 1. The molecule has 2 nitrogen and oxygen atoms in total. The Morgan fingerprint density at radius 2 is 1.88 bits per heavy atom. The van der Waals surface area contributed by atoms with Crippen LogP contribution >= 0.6 is 23.2 Å². The maximum Gasteiger partial charge on any atom is 0.348 e. The van der Waals surface area contributed by atoms with Crippen molar-refractivity contribution in [2.24, 2.45) is 0 Å². The summed E-state index contributed by atoms with van der Waals surface area (Å²) >= 11 is 10.3. The Morgan fingerprint density at radius 3 is 1.88 bits per heavy atom. The van der Waals surface area contributed by atoms with Crippen LogP contribution in [0.1, 0.15) is 6.92 Å². The van der Waals surface area contributed by atoms with Crippen molar-refractivity contribution in [1.29, 1.82) is 0 Å². The van der Waals surface area contributed by atoms with Gasteiger partial charge in [-0.05, 0) is 6.92 Å². The van der Waals surface area contributed by atoms with Gasteiger partial charge in [-0.15, -0.1) is 0 Å². The number of carbonyl (C=O) groups is 1. The predicted octanol–water partition coefficient (Wildman–Crippen LogP) is 1.78. The third-order valence-electron chi connectivity index (χ3n) is 0.490. The zero-order chi connectivity index (χ0) is 6.73. The van der Waals surface area contributed by atoms with Gasteiger partial charge in [-0.1, -0.05) is 23.2 Å². The zero-order valence-corrected chi connectivity index (χ0v) is 5.62. The maximum absolute atomic E-state index is 9.87. The largest absolute Gasteiger partial charge is 0.477 e. The number of aliphatic carboxylic acids is 1. The lowest BCUT2D eigenvalue weighted by atomic mass is 10.5. The Hall–Kier alpha value is -0.210. The minimum Gasteiger partial charge on any atom is -0.477 e. The number of halogens is 2. The summed E-state index contributed by atoms with van der Waals surface area (Å²) in [7, 11) is 0. The van der Waals surface area contributed by atoms with E-state index in [4.69, 9.17) is 28.3 Å². The normalized spacial score (nSPS) is 12.9. The van der Waals surface area contributed by atoms with E-state index in [1.165, 1.54) is 6.92 Å². The van der Waals surface area contributed by atoms with Gasteiger partial charge in [-0.2, -0.15) is 0 Å².